The number of hydrogen-bond donors (Lipinski definition) is 3. The minimum absolute atomic E-state index is 0.0349. The first-order chi connectivity index (χ1) is 10.1. The summed E-state index contributed by atoms with van der Waals surface area (Å²) in [6.07, 6.45) is 0.487. The van der Waals surface area contributed by atoms with Gasteiger partial charge in [0.25, 0.3) is 0 Å². The molecule has 0 aliphatic rings. The molecule has 0 saturated carbocycles. The first kappa shape index (κ1) is 15.5. The van der Waals surface area contributed by atoms with Crippen LogP contribution in [0.3, 0.4) is 0 Å². The van der Waals surface area contributed by atoms with Crippen LogP contribution in [0.2, 0.25) is 0 Å². The highest BCUT2D eigenvalue weighted by atomic mass is 79.9. The van der Waals surface area contributed by atoms with Crippen LogP contribution in [0.4, 0.5) is 10.5 Å². The monoisotopic (exact) mass is 369 g/mol. The number of carbonyl (C=O) groups excluding carboxylic acids is 1. The summed E-state index contributed by atoms with van der Waals surface area (Å²) in [5, 5.41) is 16.3. The molecule has 3 N–H and O–H groups in total. The Morgan fingerprint density at radius 2 is 2.10 bits per heavy atom. The zero-order valence-electron chi connectivity index (χ0n) is 10.8. The average Bonchev–Trinajstić information content (AvgIpc) is 2.90. The number of anilines is 1. The van der Waals surface area contributed by atoms with E-state index in [0.29, 0.717) is 23.7 Å². The van der Waals surface area contributed by atoms with Gasteiger partial charge in [0.15, 0.2) is 5.69 Å². The number of halogens is 1. The number of urea groups is 1. The Morgan fingerprint density at radius 3 is 2.76 bits per heavy atom. The van der Waals surface area contributed by atoms with Gasteiger partial charge in [-0.3, -0.25) is 0 Å². The number of rotatable bonds is 5. The number of aromatic carboxylic acids is 1. The van der Waals surface area contributed by atoms with Crippen molar-refractivity contribution in [1.29, 1.82) is 0 Å². The predicted molar refractivity (Wildman–Crippen MR) is 83.9 cm³/mol. The second-order valence-electron chi connectivity index (χ2n) is 4.04. The van der Waals surface area contributed by atoms with Crippen LogP contribution in [0.15, 0.2) is 34.1 Å². The summed E-state index contributed by atoms with van der Waals surface area (Å²) in [5.74, 6) is -1.04. The van der Waals surface area contributed by atoms with Gasteiger partial charge >= 0.3 is 12.0 Å². The van der Waals surface area contributed by atoms with E-state index < -0.39 is 5.97 Å². The van der Waals surface area contributed by atoms with Crippen LogP contribution in [-0.2, 0) is 6.42 Å². The van der Waals surface area contributed by atoms with E-state index in [0.717, 1.165) is 4.47 Å². The van der Waals surface area contributed by atoms with E-state index >= 15 is 0 Å². The minimum Gasteiger partial charge on any atom is -0.476 e. The maximum atomic E-state index is 11.7. The number of aromatic nitrogens is 1. The molecule has 0 radical (unpaired) electrons. The topological polar surface area (TPSA) is 91.3 Å². The van der Waals surface area contributed by atoms with Crippen LogP contribution < -0.4 is 10.6 Å². The number of carbonyl (C=O) groups is 2. The number of carboxylic acid groups (broad SMARTS) is 1. The molecule has 0 spiro atoms. The van der Waals surface area contributed by atoms with E-state index in [4.69, 9.17) is 5.11 Å². The molecule has 1 aromatic carbocycles. The molecule has 6 nitrogen and oxygen atoms in total. The highest BCUT2D eigenvalue weighted by Crippen LogP contribution is 2.20. The lowest BCUT2D eigenvalue weighted by Crippen LogP contribution is -2.30. The summed E-state index contributed by atoms with van der Waals surface area (Å²) in [6.45, 7) is 0.378. The van der Waals surface area contributed by atoms with Crippen molar-refractivity contribution in [3.05, 3.63) is 44.8 Å². The predicted octanol–water partition coefficient (Wildman–Crippen LogP) is 2.97. The van der Waals surface area contributed by atoms with Gasteiger partial charge in [-0.1, -0.05) is 12.1 Å². The Morgan fingerprint density at radius 1 is 1.33 bits per heavy atom. The van der Waals surface area contributed by atoms with Gasteiger partial charge in [-0.15, -0.1) is 11.3 Å². The lowest BCUT2D eigenvalue weighted by atomic mass is 10.3. The SMILES string of the molecule is O=C(NCCc1nc(C(=O)O)cs1)Nc1ccccc1Br. The van der Waals surface area contributed by atoms with Crippen LogP contribution in [0.1, 0.15) is 15.5 Å². The zero-order valence-corrected chi connectivity index (χ0v) is 13.2. The number of carboxylic acids is 1. The normalized spacial score (nSPS) is 10.1. The molecule has 21 heavy (non-hydrogen) atoms. The Bertz CT molecular complexity index is 660. The molecule has 2 rings (SSSR count). The lowest BCUT2D eigenvalue weighted by molar-refractivity contribution is 0.0691. The molecular weight excluding hydrogens is 358 g/mol. The van der Waals surface area contributed by atoms with Crippen molar-refractivity contribution in [2.75, 3.05) is 11.9 Å². The Hall–Kier alpha value is -1.93. The molecule has 0 saturated heterocycles. The van der Waals surface area contributed by atoms with Gasteiger partial charge in [-0.25, -0.2) is 14.6 Å². The van der Waals surface area contributed by atoms with E-state index in [2.05, 4.69) is 31.5 Å². The Balaban J connectivity index is 1.79. The molecule has 2 aromatic rings. The zero-order chi connectivity index (χ0) is 15.2. The summed E-state index contributed by atoms with van der Waals surface area (Å²) < 4.78 is 0.797. The van der Waals surface area contributed by atoms with Crippen molar-refractivity contribution in [2.45, 2.75) is 6.42 Å². The molecule has 1 heterocycles. The third-order valence-electron chi connectivity index (χ3n) is 2.52. The van der Waals surface area contributed by atoms with Crippen molar-refractivity contribution in [1.82, 2.24) is 10.3 Å². The molecule has 8 heteroatoms. The van der Waals surface area contributed by atoms with Crippen molar-refractivity contribution >= 4 is 45.0 Å². The maximum Gasteiger partial charge on any atom is 0.355 e. The van der Waals surface area contributed by atoms with Crippen LogP contribution in [-0.4, -0.2) is 28.6 Å². The third kappa shape index (κ3) is 4.54. The quantitative estimate of drug-likeness (QED) is 0.755. The van der Waals surface area contributed by atoms with Crippen LogP contribution in [0.25, 0.3) is 0 Å². The second-order valence-corrected chi connectivity index (χ2v) is 5.84. The molecule has 0 fully saturated rings. The van der Waals surface area contributed by atoms with Gasteiger partial charge < -0.3 is 15.7 Å². The maximum absolute atomic E-state index is 11.7. The molecule has 0 atom stereocenters. The standard InChI is InChI=1S/C13H12BrN3O3S/c14-8-3-1-2-4-9(8)17-13(20)15-6-5-11-16-10(7-21-11)12(18)19/h1-4,7H,5-6H2,(H,18,19)(H2,15,17,20). The summed E-state index contributed by atoms with van der Waals surface area (Å²) in [7, 11) is 0. The van der Waals surface area contributed by atoms with Crippen LogP contribution in [0.5, 0.6) is 0 Å². The summed E-state index contributed by atoms with van der Waals surface area (Å²) >= 11 is 4.60. The van der Waals surface area contributed by atoms with Gasteiger partial charge in [-0.05, 0) is 28.1 Å². The van der Waals surface area contributed by atoms with Gasteiger partial charge in [0, 0.05) is 22.8 Å². The van der Waals surface area contributed by atoms with E-state index in [-0.39, 0.29) is 11.7 Å². The van der Waals surface area contributed by atoms with E-state index in [9.17, 15) is 9.59 Å². The highest BCUT2D eigenvalue weighted by Gasteiger charge is 2.09. The van der Waals surface area contributed by atoms with E-state index in [1.54, 1.807) is 6.07 Å². The molecule has 0 unspecified atom stereocenters. The number of amides is 2. The molecular formula is C13H12BrN3O3S. The molecule has 0 bridgehead atoms. The fourth-order valence-electron chi connectivity index (χ4n) is 1.54. The lowest BCUT2D eigenvalue weighted by Gasteiger charge is -2.08. The summed E-state index contributed by atoms with van der Waals surface area (Å²) in [5.41, 5.74) is 0.713. The molecule has 2 amide bonds. The van der Waals surface area contributed by atoms with Crippen LogP contribution >= 0.6 is 27.3 Å². The van der Waals surface area contributed by atoms with Crippen molar-refractivity contribution < 1.29 is 14.7 Å². The summed E-state index contributed by atoms with van der Waals surface area (Å²) in [6, 6.07) is 6.97. The van der Waals surface area contributed by atoms with E-state index in [1.165, 1.54) is 16.7 Å². The molecule has 0 aliphatic carbocycles. The molecule has 110 valence electrons. The summed E-state index contributed by atoms with van der Waals surface area (Å²) in [4.78, 5) is 26.4. The smallest absolute Gasteiger partial charge is 0.355 e. The molecule has 0 aliphatic heterocycles. The third-order valence-corrected chi connectivity index (χ3v) is 4.12. The number of para-hydroxylation sites is 1. The second kappa shape index (κ2) is 7.19. The largest absolute Gasteiger partial charge is 0.476 e. The van der Waals surface area contributed by atoms with Crippen molar-refractivity contribution in [3.8, 4) is 0 Å². The van der Waals surface area contributed by atoms with E-state index in [1.807, 2.05) is 18.2 Å². The van der Waals surface area contributed by atoms with Crippen molar-refractivity contribution in [3.63, 3.8) is 0 Å². The van der Waals surface area contributed by atoms with Crippen LogP contribution in [0, 0.1) is 0 Å². The van der Waals surface area contributed by atoms with Gasteiger partial charge in [-0.2, -0.15) is 0 Å². The Labute approximate surface area is 133 Å². The molecule has 1 aromatic heterocycles. The number of nitrogens with one attached hydrogen (secondary N) is 2. The highest BCUT2D eigenvalue weighted by molar-refractivity contribution is 9.10. The number of hydrogen-bond acceptors (Lipinski definition) is 4. The van der Waals surface area contributed by atoms with Gasteiger partial charge in [0.1, 0.15) is 0 Å². The fraction of sp³-hybridized carbons (Fsp3) is 0.154. The minimum atomic E-state index is -1.04. The average molecular weight is 370 g/mol. The van der Waals surface area contributed by atoms with Crippen molar-refractivity contribution in [2.24, 2.45) is 0 Å². The number of nitrogens with zero attached hydrogens (tertiary/aromatic N) is 1. The Kier molecular flexibility index (Phi) is 5.29. The number of thiazole rings is 1. The van der Waals surface area contributed by atoms with Gasteiger partial charge in [0.05, 0.1) is 10.7 Å². The number of benzene rings is 1. The van der Waals surface area contributed by atoms with Gasteiger partial charge in [0.2, 0.25) is 0 Å². The first-order valence-electron chi connectivity index (χ1n) is 6.03. The first-order valence-corrected chi connectivity index (χ1v) is 7.70. The fourth-order valence-corrected chi connectivity index (χ4v) is 2.69.